The molecule has 162 valence electrons. The fraction of sp³-hybridized carbons (Fsp3) is 0.429. The fourth-order valence-electron chi connectivity index (χ4n) is 4.23. The van der Waals surface area contributed by atoms with E-state index in [-0.39, 0.29) is 36.3 Å². The number of halogens is 2. The average molecular weight is 469 g/mol. The van der Waals surface area contributed by atoms with Crippen LogP contribution in [0.4, 0.5) is 0 Å². The third kappa shape index (κ3) is 4.22. The number of pyridine rings is 1. The summed E-state index contributed by atoms with van der Waals surface area (Å²) in [4.78, 5) is 19.4. The molecule has 3 aromatic rings. The van der Waals surface area contributed by atoms with Gasteiger partial charge in [0.2, 0.25) is 0 Å². The Kier molecular flexibility index (Phi) is 7.09. The molecule has 5 heterocycles. The molecule has 9 heteroatoms. The van der Waals surface area contributed by atoms with E-state index in [1.54, 1.807) is 11.3 Å². The first-order chi connectivity index (χ1) is 13.6. The predicted molar refractivity (Wildman–Crippen MR) is 123 cm³/mol. The van der Waals surface area contributed by atoms with E-state index in [1.807, 2.05) is 28.9 Å². The first-order valence-corrected chi connectivity index (χ1v) is 10.6. The van der Waals surface area contributed by atoms with E-state index < -0.39 is 0 Å². The van der Waals surface area contributed by atoms with Gasteiger partial charge in [-0.15, -0.1) is 36.2 Å². The molecule has 2 aliphatic heterocycles. The molecular weight excluding hydrogens is 443 g/mol. The Morgan fingerprint density at radius 3 is 2.90 bits per heavy atom. The molecule has 3 aromatic heterocycles. The van der Waals surface area contributed by atoms with Gasteiger partial charge in [0.25, 0.3) is 5.91 Å². The zero-order valence-electron chi connectivity index (χ0n) is 16.8. The number of imidazole rings is 1. The molecule has 6 nitrogen and oxygen atoms in total. The fourth-order valence-corrected chi connectivity index (χ4v) is 5.56. The van der Waals surface area contributed by atoms with E-state index >= 15 is 0 Å². The number of nitrogens with one attached hydrogen (secondary N) is 2. The van der Waals surface area contributed by atoms with Gasteiger partial charge < -0.3 is 19.8 Å². The number of aryl methyl sites for hydroxylation is 1. The minimum atomic E-state index is -0.193. The number of hydrogen-bond donors (Lipinski definition) is 2. The molecule has 0 aromatic carbocycles. The van der Waals surface area contributed by atoms with Crippen LogP contribution in [0.3, 0.4) is 0 Å². The van der Waals surface area contributed by atoms with E-state index in [2.05, 4.69) is 28.6 Å². The second kappa shape index (κ2) is 9.24. The summed E-state index contributed by atoms with van der Waals surface area (Å²) in [7, 11) is 0. The van der Waals surface area contributed by atoms with Crippen LogP contribution in [0.5, 0.6) is 0 Å². The summed E-state index contributed by atoms with van der Waals surface area (Å²) in [5, 5.41) is 6.44. The second-order valence-electron chi connectivity index (χ2n) is 7.69. The third-order valence-electron chi connectivity index (χ3n) is 5.69. The van der Waals surface area contributed by atoms with Crippen LogP contribution < -0.4 is 10.6 Å². The maximum Gasteiger partial charge on any atom is 0.261 e. The molecule has 1 saturated heterocycles. The van der Waals surface area contributed by atoms with Gasteiger partial charge in [-0.3, -0.25) is 4.79 Å². The van der Waals surface area contributed by atoms with Crippen molar-refractivity contribution in [3.8, 4) is 0 Å². The topological polar surface area (TPSA) is 67.7 Å². The highest BCUT2D eigenvalue weighted by molar-refractivity contribution is 7.14. The quantitative estimate of drug-likeness (QED) is 0.615. The van der Waals surface area contributed by atoms with E-state index in [0.29, 0.717) is 6.54 Å². The van der Waals surface area contributed by atoms with Crippen molar-refractivity contribution in [2.24, 2.45) is 0 Å². The number of piperidine rings is 1. The van der Waals surface area contributed by atoms with Gasteiger partial charge in [-0.05, 0) is 62.5 Å². The maximum atomic E-state index is 12.8. The van der Waals surface area contributed by atoms with E-state index in [9.17, 15) is 4.79 Å². The van der Waals surface area contributed by atoms with Gasteiger partial charge in [0.15, 0.2) is 0 Å². The predicted octanol–water partition coefficient (Wildman–Crippen LogP) is 3.63. The third-order valence-corrected chi connectivity index (χ3v) is 7.05. The molecule has 0 saturated carbocycles. The number of carbonyl (C=O) groups is 1. The van der Waals surface area contributed by atoms with Crippen LogP contribution in [0.25, 0.3) is 5.65 Å². The van der Waals surface area contributed by atoms with E-state index in [0.717, 1.165) is 55.2 Å². The lowest BCUT2D eigenvalue weighted by Crippen LogP contribution is -2.43. The number of fused-ring (bicyclic) bond motifs is 3. The molecule has 0 bridgehead atoms. The van der Waals surface area contributed by atoms with E-state index in [4.69, 9.17) is 4.74 Å². The molecular formula is C21H26Cl2N4O2S. The molecule has 30 heavy (non-hydrogen) atoms. The minimum Gasteiger partial charge on any atom is -0.369 e. The van der Waals surface area contributed by atoms with Crippen LogP contribution in [0, 0.1) is 6.92 Å². The Morgan fingerprint density at radius 1 is 1.30 bits per heavy atom. The monoisotopic (exact) mass is 468 g/mol. The summed E-state index contributed by atoms with van der Waals surface area (Å²) in [6, 6.07) is 6.10. The number of aromatic nitrogens is 2. The normalized spacial score (nSPS) is 17.1. The summed E-state index contributed by atoms with van der Waals surface area (Å²) >= 11 is 1.60. The van der Waals surface area contributed by atoms with Crippen molar-refractivity contribution in [2.45, 2.75) is 38.3 Å². The Bertz CT molecular complexity index is 1040. The second-order valence-corrected chi connectivity index (χ2v) is 8.75. The summed E-state index contributed by atoms with van der Waals surface area (Å²) in [6.45, 7) is 5.15. The van der Waals surface area contributed by atoms with Crippen molar-refractivity contribution in [3.05, 3.63) is 57.2 Å². The summed E-state index contributed by atoms with van der Waals surface area (Å²) in [6.07, 6.45) is 6.85. The van der Waals surface area contributed by atoms with Crippen molar-refractivity contribution < 1.29 is 9.53 Å². The van der Waals surface area contributed by atoms with Crippen molar-refractivity contribution in [1.29, 1.82) is 0 Å². The number of hydrogen-bond acceptors (Lipinski definition) is 5. The maximum absolute atomic E-state index is 12.8. The van der Waals surface area contributed by atoms with Crippen LogP contribution in [-0.4, -0.2) is 35.0 Å². The van der Waals surface area contributed by atoms with Crippen LogP contribution in [0.2, 0.25) is 0 Å². The molecule has 2 N–H and O–H groups in total. The number of carbonyl (C=O) groups excluding carboxylic acids is 1. The number of thiophene rings is 1. The molecule has 0 atom stereocenters. The van der Waals surface area contributed by atoms with Gasteiger partial charge >= 0.3 is 0 Å². The summed E-state index contributed by atoms with van der Waals surface area (Å²) in [5.41, 5.74) is 4.02. The Labute approximate surface area is 192 Å². The summed E-state index contributed by atoms with van der Waals surface area (Å²) < 4.78 is 8.22. The molecule has 1 spiro atoms. The molecule has 2 aliphatic rings. The number of ether oxygens (including phenoxy) is 1. The van der Waals surface area contributed by atoms with Crippen molar-refractivity contribution in [2.75, 3.05) is 19.7 Å². The molecule has 0 radical (unpaired) electrons. The van der Waals surface area contributed by atoms with Gasteiger partial charge in [0, 0.05) is 17.3 Å². The van der Waals surface area contributed by atoms with Crippen LogP contribution in [0.1, 0.15) is 44.2 Å². The van der Waals surface area contributed by atoms with Crippen molar-refractivity contribution >= 4 is 47.7 Å². The highest BCUT2D eigenvalue weighted by atomic mass is 35.5. The van der Waals surface area contributed by atoms with Crippen molar-refractivity contribution in [3.63, 3.8) is 0 Å². The smallest absolute Gasteiger partial charge is 0.261 e. The molecule has 1 amide bonds. The lowest BCUT2D eigenvalue weighted by Gasteiger charge is -2.40. The van der Waals surface area contributed by atoms with Gasteiger partial charge in [-0.2, -0.15) is 0 Å². The zero-order valence-corrected chi connectivity index (χ0v) is 19.2. The van der Waals surface area contributed by atoms with Crippen LogP contribution in [0.15, 0.2) is 30.6 Å². The molecule has 5 rings (SSSR count). The average Bonchev–Trinajstić information content (AvgIpc) is 3.31. The minimum absolute atomic E-state index is 0. The Morgan fingerprint density at radius 2 is 2.10 bits per heavy atom. The van der Waals surface area contributed by atoms with Gasteiger partial charge in [-0.1, -0.05) is 6.07 Å². The first kappa shape index (κ1) is 23.0. The van der Waals surface area contributed by atoms with Gasteiger partial charge in [0.05, 0.1) is 23.7 Å². The van der Waals surface area contributed by atoms with E-state index in [1.165, 1.54) is 16.0 Å². The van der Waals surface area contributed by atoms with Crippen LogP contribution >= 0.6 is 36.2 Å². The van der Waals surface area contributed by atoms with Crippen molar-refractivity contribution in [1.82, 2.24) is 20.0 Å². The number of nitrogens with zero attached hydrogens (tertiary/aromatic N) is 2. The number of rotatable bonds is 3. The summed E-state index contributed by atoms with van der Waals surface area (Å²) in [5.74, 6) is -0.0308. The highest BCUT2D eigenvalue weighted by Crippen LogP contribution is 2.44. The largest absolute Gasteiger partial charge is 0.369 e. The first-order valence-electron chi connectivity index (χ1n) is 9.83. The molecule has 0 aliphatic carbocycles. The molecule has 1 fully saturated rings. The zero-order chi connectivity index (χ0) is 19.1. The standard InChI is InChI=1S/C21H24N4O2S.2ClH/c1-14-2-3-18-24-16(13-25(18)12-14)11-23-20(26)17-10-15-4-9-27-21(19(15)28-17)5-7-22-8-6-21;;/h2-3,10,12-13,22H,4-9,11H2,1H3,(H,23,26);2*1H. The lowest BCUT2D eigenvalue weighted by atomic mass is 9.86. The van der Waals surface area contributed by atoms with Gasteiger partial charge in [-0.25, -0.2) is 4.98 Å². The SMILES string of the molecule is Cc1ccc2nc(CNC(=O)c3cc4c(s3)C3(CCNCC3)OCC4)cn2c1.Cl.Cl. The molecule has 0 unspecified atom stereocenters. The van der Waals surface area contributed by atoms with Crippen LogP contribution in [-0.2, 0) is 23.3 Å². The Hall–Kier alpha value is -1.64. The highest BCUT2D eigenvalue weighted by Gasteiger charge is 2.41. The Balaban J connectivity index is 0.00000128. The lowest BCUT2D eigenvalue weighted by molar-refractivity contribution is -0.0771. The number of amides is 1. The van der Waals surface area contributed by atoms with Gasteiger partial charge in [0.1, 0.15) is 11.2 Å².